The number of amides is 1. The molecule has 0 spiro atoms. The van der Waals surface area contributed by atoms with Gasteiger partial charge in [-0.05, 0) is 44.0 Å². The molecular formula is C24H28N4O. The Hall–Kier alpha value is -3.21. The molecule has 0 aliphatic heterocycles. The zero-order valence-corrected chi connectivity index (χ0v) is 17.4. The zero-order valence-electron chi connectivity index (χ0n) is 17.4. The summed E-state index contributed by atoms with van der Waals surface area (Å²) in [7, 11) is 0. The van der Waals surface area contributed by atoms with Crippen LogP contribution >= 0.6 is 0 Å². The first-order valence-electron chi connectivity index (χ1n) is 10.2. The van der Waals surface area contributed by atoms with Crippen molar-refractivity contribution in [2.24, 2.45) is 0 Å². The van der Waals surface area contributed by atoms with E-state index in [1.807, 2.05) is 35.2 Å². The number of nitrogens with one attached hydrogen (secondary N) is 1. The minimum Gasteiger partial charge on any atom is -0.340 e. The fraction of sp³-hybridized carbons (Fsp3) is 0.292. The van der Waals surface area contributed by atoms with E-state index in [0.29, 0.717) is 11.4 Å². The average Bonchev–Trinajstić information content (AvgIpc) is 2.74. The van der Waals surface area contributed by atoms with E-state index in [0.717, 1.165) is 42.9 Å². The molecule has 0 aliphatic carbocycles. The van der Waals surface area contributed by atoms with Crippen molar-refractivity contribution in [2.45, 2.75) is 33.6 Å². The van der Waals surface area contributed by atoms with Crippen LogP contribution in [0.5, 0.6) is 0 Å². The molecule has 0 saturated heterocycles. The van der Waals surface area contributed by atoms with Crippen molar-refractivity contribution in [2.75, 3.05) is 18.4 Å². The first kappa shape index (κ1) is 20.5. The number of anilines is 2. The second-order valence-electron chi connectivity index (χ2n) is 7.15. The minimum absolute atomic E-state index is 0.0870. The van der Waals surface area contributed by atoms with Gasteiger partial charge in [-0.2, -0.15) is 0 Å². The van der Waals surface area contributed by atoms with E-state index in [-0.39, 0.29) is 5.91 Å². The van der Waals surface area contributed by atoms with Gasteiger partial charge in [0.2, 0.25) is 0 Å². The molecule has 0 unspecified atom stereocenters. The van der Waals surface area contributed by atoms with Crippen LogP contribution in [0.3, 0.4) is 0 Å². The molecule has 0 atom stereocenters. The second-order valence-corrected chi connectivity index (χ2v) is 7.15. The lowest BCUT2D eigenvalue weighted by molar-refractivity contribution is 0.0755. The van der Waals surface area contributed by atoms with E-state index in [1.54, 1.807) is 6.33 Å². The third-order valence-corrected chi connectivity index (χ3v) is 4.69. The Labute approximate surface area is 172 Å². The molecule has 1 N–H and O–H groups in total. The van der Waals surface area contributed by atoms with Crippen LogP contribution in [0.4, 0.5) is 11.5 Å². The maximum absolute atomic E-state index is 12.7. The van der Waals surface area contributed by atoms with E-state index < -0.39 is 0 Å². The number of hydrogen-bond acceptors (Lipinski definition) is 4. The summed E-state index contributed by atoms with van der Waals surface area (Å²) in [6, 6.07) is 17.7. The SMILES string of the molecule is CCCN(CCC)C(=O)c1ccc(Nc2cc(-c3ccc(C)cc3)ncn2)cc1. The van der Waals surface area contributed by atoms with Crippen LogP contribution in [0.25, 0.3) is 11.3 Å². The Morgan fingerprint density at radius 1 is 0.931 bits per heavy atom. The van der Waals surface area contributed by atoms with Crippen molar-refractivity contribution in [3.63, 3.8) is 0 Å². The van der Waals surface area contributed by atoms with Crippen LogP contribution in [0.1, 0.15) is 42.6 Å². The standard InChI is InChI=1S/C24H28N4O/c1-4-14-28(15-5-2)24(29)20-10-12-21(13-11-20)27-23-16-22(25-17-26-23)19-8-6-18(3)7-9-19/h6-13,16-17H,4-5,14-15H2,1-3H3,(H,25,26,27). The highest BCUT2D eigenvalue weighted by molar-refractivity contribution is 5.94. The second kappa shape index (κ2) is 9.82. The summed E-state index contributed by atoms with van der Waals surface area (Å²) in [5.74, 6) is 0.803. The third kappa shape index (κ3) is 5.41. The summed E-state index contributed by atoms with van der Waals surface area (Å²) < 4.78 is 0. The summed E-state index contributed by atoms with van der Waals surface area (Å²) in [5, 5.41) is 3.30. The van der Waals surface area contributed by atoms with Crippen molar-refractivity contribution in [1.29, 1.82) is 0 Å². The molecule has 0 bridgehead atoms. The normalized spacial score (nSPS) is 10.6. The van der Waals surface area contributed by atoms with Crippen LogP contribution in [0.15, 0.2) is 60.9 Å². The molecule has 0 aliphatic rings. The van der Waals surface area contributed by atoms with Crippen LogP contribution in [-0.2, 0) is 0 Å². The summed E-state index contributed by atoms with van der Waals surface area (Å²) in [5.41, 5.74) is 4.72. The first-order valence-corrected chi connectivity index (χ1v) is 10.2. The van der Waals surface area contributed by atoms with E-state index in [1.165, 1.54) is 5.56 Å². The van der Waals surface area contributed by atoms with Crippen molar-refractivity contribution < 1.29 is 4.79 Å². The number of carbonyl (C=O) groups excluding carboxylic acids is 1. The predicted octanol–water partition coefficient (Wildman–Crippen LogP) is 5.46. The Balaban J connectivity index is 1.72. The lowest BCUT2D eigenvalue weighted by atomic mass is 10.1. The van der Waals surface area contributed by atoms with E-state index >= 15 is 0 Å². The summed E-state index contributed by atoms with van der Waals surface area (Å²) >= 11 is 0. The summed E-state index contributed by atoms with van der Waals surface area (Å²) in [6.45, 7) is 7.82. The fourth-order valence-corrected chi connectivity index (χ4v) is 3.19. The molecule has 3 rings (SSSR count). The minimum atomic E-state index is 0.0870. The Bertz CT molecular complexity index is 930. The van der Waals surface area contributed by atoms with Gasteiger partial charge in [0.05, 0.1) is 5.69 Å². The zero-order chi connectivity index (χ0) is 20.6. The van der Waals surface area contributed by atoms with Gasteiger partial charge in [-0.25, -0.2) is 9.97 Å². The van der Waals surface area contributed by atoms with Crippen LogP contribution < -0.4 is 5.32 Å². The molecule has 2 aromatic carbocycles. The van der Waals surface area contributed by atoms with E-state index in [9.17, 15) is 4.79 Å². The molecule has 1 heterocycles. The molecule has 5 heteroatoms. The molecule has 3 aromatic rings. The third-order valence-electron chi connectivity index (χ3n) is 4.69. The molecule has 150 valence electrons. The van der Waals surface area contributed by atoms with E-state index in [4.69, 9.17) is 0 Å². The fourth-order valence-electron chi connectivity index (χ4n) is 3.19. The van der Waals surface area contributed by atoms with Gasteiger partial charge in [0.1, 0.15) is 12.1 Å². The Morgan fingerprint density at radius 2 is 1.59 bits per heavy atom. The first-order chi connectivity index (χ1) is 14.1. The smallest absolute Gasteiger partial charge is 0.253 e. The van der Waals surface area contributed by atoms with Gasteiger partial charge in [0.15, 0.2) is 0 Å². The predicted molar refractivity (Wildman–Crippen MR) is 118 cm³/mol. The summed E-state index contributed by atoms with van der Waals surface area (Å²) in [6.07, 6.45) is 3.48. The Morgan fingerprint density at radius 3 is 2.21 bits per heavy atom. The molecule has 1 amide bonds. The molecular weight excluding hydrogens is 360 g/mol. The van der Waals surface area contributed by atoms with Crippen molar-refractivity contribution in [3.8, 4) is 11.3 Å². The molecule has 0 saturated carbocycles. The molecule has 1 aromatic heterocycles. The van der Waals surface area contributed by atoms with Gasteiger partial charge in [0.25, 0.3) is 5.91 Å². The molecule has 0 fully saturated rings. The molecule has 5 nitrogen and oxygen atoms in total. The molecule has 29 heavy (non-hydrogen) atoms. The lowest BCUT2D eigenvalue weighted by Crippen LogP contribution is -2.32. The van der Waals surface area contributed by atoms with Gasteiger partial charge in [0, 0.05) is 36.0 Å². The van der Waals surface area contributed by atoms with Crippen LogP contribution in [-0.4, -0.2) is 33.9 Å². The van der Waals surface area contributed by atoms with Gasteiger partial charge in [-0.1, -0.05) is 43.7 Å². The highest BCUT2D eigenvalue weighted by Crippen LogP contribution is 2.22. The van der Waals surface area contributed by atoms with Crippen LogP contribution in [0.2, 0.25) is 0 Å². The van der Waals surface area contributed by atoms with Crippen molar-refractivity contribution in [3.05, 3.63) is 72.1 Å². The number of rotatable bonds is 8. The average molecular weight is 389 g/mol. The topological polar surface area (TPSA) is 58.1 Å². The van der Waals surface area contributed by atoms with Crippen molar-refractivity contribution in [1.82, 2.24) is 14.9 Å². The maximum atomic E-state index is 12.7. The van der Waals surface area contributed by atoms with Gasteiger partial charge in [-0.3, -0.25) is 4.79 Å². The number of benzene rings is 2. The Kier molecular flexibility index (Phi) is 6.95. The van der Waals surface area contributed by atoms with Gasteiger partial charge >= 0.3 is 0 Å². The summed E-state index contributed by atoms with van der Waals surface area (Å²) in [4.78, 5) is 23.3. The highest BCUT2D eigenvalue weighted by Gasteiger charge is 2.14. The largest absolute Gasteiger partial charge is 0.340 e. The lowest BCUT2D eigenvalue weighted by Gasteiger charge is -2.21. The number of carbonyl (C=O) groups is 1. The molecule has 0 radical (unpaired) electrons. The quantitative estimate of drug-likeness (QED) is 0.557. The highest BCUT2D eigenvalue weighted by atomic mass is 16.2. The van der Waals surface area contributed by atoms with Gasteiger partial charge < -0.3 is 10.2 Å². The van der Waals surface area contributed by atoms with E-state index in [2.05, 4.69) is 60.3 Å². The van der Waals surface area contributed by atoms with Crippen LogP contribution in [0, 0.1) is 6.92 Å². The van der Waals surface area contributed by atoms with Crippen molar-refractivity contribution >= 4 is 17.4 Å². The number of aromatic nitrogens is 2. The maximum Gasteiger partial charge on any atom is 0.253 e. The number of aryl methyl sites for hydroxylation is 1. The number of nitrogens with zero attached hydrogens (tertiary/aromatic N) is 3. The monoisotopic (exact) mass is 388 g/mol. The number of hydrogen-bond donors (Lipinski definition) is 1. The van der Waals surface area contributed by atoms with Gasteiger partial charge in [-0.15, -0.1) is 0 Å².